The highest BCUT2D eigenvalue weighted by Crippen LogP contribution is 2.23. The molecule has 0 saturated carbocycles. The van der Waals surface area contributed by atoms with Gasteiger partial charge in [-0.3, -0.25) is 4.79 Å². The van der Waals surface area contributed by atoms with E-state index in [0.29, 0.717) is 17.2 Å². The van der Waals surface area contributed by atoms with Gasteiger partial charge < -0.3 is 9.47 Å². The Hall–Kier alpha value is -2.30. The lowest BCUT2D eigenvalue weighted by Crippen LogP contribution is -2.19. The van der Waals surface area contributed by atoms with E-state index in [0.717, 1.165) is 0 Å². The van der Waals surface area contributed by atoms with Gasteiger partial charge in [-0.1, -0.05) is 0 Å². The van der Waals surface area contributed by atoms with Crippen molar-refractivity contribution >= 4 is 0 Å². The summed E-state index contributed by atoms with van der Waals surface area (Å²) in [6.45, 7) is 0. The Bertz CT molecular complexity index is 556. The number of nitrogens with zero attached hydrogens (tertiary/aromatic N) is 2. The molecule has 0 bridgehead atoms. The Labute approximate surface area is 98.2 Å². The molecule has 2 aromatic rings. The first-order valence-electron chi connectivity index (χ1n) is 5.02. The second-order valence-electron chi connectivity index (χ2n) is 3.34. The summed E-state index contributed by atoms with van der Waals surface area (Å²) in [5, 5.41) is 3.99. The lowest BCUT2D eigenvalue weighted by Gasteiger charge is -2.08. The van der Waals surface area contributed by atoms with Gasteiger partial charge in [0.25, 0.3) is 5.56 Å². The molecule has 0 amide bonds. The van der Waals surface area contributed by atoms with Crippen LogP contribution in [0.1, 0.15) is 0 Å². The Balaban J connectivity index is 2.59. The molecule has 2 rings (SSSR count). The molecule has 17 heavy (non-hydrogen) atoms. The summed E-state index contributed by atoms with van der Waals surface area (Å²) in [6.07, 6.45) is 1.55. The summed E-state index contributed by atoms with van der Waals surface area (Å²) in [7, 11) is 3.11. The first-order chi connectivity index (χ1) is 8.24. The standard InChI is InChI=1S/C12H12N2O3/c1-16-10-6-9(7-11(8-10)17-2)14-12(15)4-3-5-13-14/h3-8H,1-2H3. The van der Waals surface area contributed by atoms with Crippen LogP contribution in [0.2, 0.25) is 0 Å². The number of ether oxygens (including phenoxy) is 2. The van der Waals surface area contributed by atoms with E-state index < -0.39 is 0 Å². The van der Waals surface area contributed by atoms with E-state index in [1.165, 1.54) is 10.7 Å². The fourth-order valence-corrected chi connectivity index (χ4v) is 1.47. The zero-order chi connectivity index (χ0) is 12.3. The quantitative estimate of drug-likeness (QED) is 0.799. The van der Waals surface area contributed by atoms with Gasteiger partial charge in [0.1, 0.15) is 11.5 Å². The van der Waals surface area contributed by atoms with Crippen LogP contribution in [-0.4, -0.2) is 24.0 Å². The molecule has 0 unspecified atom stereocenters. The normalized spacial score (nSPS) is 10.0. The Morgan fingerprint density at radius 3 is 2.29 bits per heavy atom. The van der Waals surface area contributed by atoms with Crippen LogP contribution in [0.5, 0.6) is 11.5 Å². The second kappa shape index (κ2) is 4.69. The summed E-state index contributed by atoms with van der Waals surface area (Å²) in [5.74, 6) is 1.22. The molecule has 0 spiro atoms. The molecule has 0 aliphatic carbocycles. The molecule has 0 radical (unpaired) electrons. The third-order valence-corrected chi connectivity index (χ3v) is 2.30. The minimum absolute atomic E-state index is 0.206. The highest BCUT2D eigenvalue weighted by molar-refractivity contribution is 5.45. The maximum Gasteiger partial charge on any atom is 0.271 e. The fraction of sp³-hybridized carbons (Fsp3) is 0.167. The number of rotatable bonds is 3. The van der Waals surface area contributed by atoms with Crippen molar-refractivity contribution in [3.63, 3.8) is 0 Å². The van der Waals surface area contributed by atoms with E-state index >= 15 is 0 Å². The van der Waals surface area contributed by atoms with Crippen molar-refractivity contribution in [3.8, 4) is 17.2 Å². The monoisotopic (exact) mass is 232 g/mol. The molecule has 1 aromatic carbocycles. The molecule has 0 aliphatic rings. The highest BCUT2D eigenvalue weighted by Gasteiger charge is 2.05. The molecule has 0 N–H and O–H groups in total. The average Bonchev–Trinajstić information content (AvgIpc) is 2.38. The Morgan fingerprint density at radius 2 is 1.76 bits per heavy atom. The number of benzene rings is 1. The number of methoxy groups -OCH3 is 2. The van der Waals surface area contributed by atoms with Gasteiger partial charge >= 0.3 is 0 Å². The van der Waals surface area contributed by atoms with Gasteiger partial charge in [-0.15, -0.1) is 0 Å². The molecule has 0 saturated heterocycles. The van der Waals surface area contributed by atoms with Crippen molar-refractivity contribution in [2.45, 2.75) is 0 Å². The molecule has 5 nitrogen and oxygen atoms in total. The van der Waals surface area contributed by atoms with Gasteiger partial charge in [0.05, 0.1) is 19.9 Å². The van der Waals surface area contributed by atoms with Gasteiger partial charge in [0.15, 0.2) is 0 Å². The smallest absolute Gasteiger partial charge is 0.271 e. The third-order valence-electron chi connectivity index (χ3n) is 2.30. The van der Waals surface area contributed by atoms with Crippen LogP contribution in [0, 0.1) is 0 Å². The van der Waals surface area contributed by atoms with E-state index in [4.69, 9.17) is 9.47 Å². The molecule has 0 aliphatic heterocycles. The van der Waals surface area contributed by atoms with E-state index in [9.17, 15) is 4.79 Å². The fourth-order valence-electron chi connectivity index (χ4n) is 1.47. The molecule has 5 heteroatoms. The molecule has 1 heterocycles. The summed E-state index contributed by atoms with van der Waals surface area (Å²) < 4.78 is 11.6. The Kier molecular flexibility index (Phi) is 3.09. The van der Waals surface area contributed by atoms with Crippen LogP contribution in [0.15, 0.2) is 41.3 Å². The number of hydrogen-bond acceptors (Lipinski definition) is 4. The van der Waals surface area contributed by atoms with E-state index in [2.05, 4.69) is 5.10 Å². The topological polar surface area (TPSA) is 53.4 Å². The van der Waals surface area contributed by atoms with E-state index in [-0.39, 0.29) is 5.56 Å². The maximum atomic E-state index is 11.6. The van der Waals surface area contributed by atoms with Gasteiger partial charge in [0.2, 0.25) is 0 Å². The predicted octanol–water partition coefficient (Wildman–Crippen LogP) is 1.25. The largest absolute Gasteiger partial charge is 0.497 e. The summed E-state index contributed by atoms with van der Waals surface area (Å²) >= 11 is 0. The predicted molar refractivity (Wildman–Crippen MR) is 62.9 cm³/mol. The van der Waals surface area contributed by atoms with Crippen molar-refractivity contribution in [1.82, 2.24) is 9.78 Å². The zero-order valence-electron chi connectivity index (χ0n) is 9.58. The lowest BCUT2D eigenvalue weighted by molar-refractivity contribution is 0.393. The molecule has 88 valence electrons. The van der Waals surface area contributed by atoms with Crippen LogP contribution < -0.4 is 15.0 Å². The van der Waals surface area contributed by atoms with Crippen molar-refractivity contribution in [2.24, 2.45) is 0 Å². The average molecular weight is 232 g/mol. The van der Waals surface area contributed by atoms with E-state index in [1.807, 2.05) is 0 Å². The second-order valence-corrected chi connectivity index (χ2v) is 3.34. The van der Waals surface area contributed by atoms with Crippen LogP contribution >= 0.6 is 0 Å². The first-order valence-corrected chi connectivity index (χ1v) is 5.02. The number of hydrogen-bond donors (Lipinski definition) is 0. The summed E-state index contributed by atoms with van der Waals surface area (Å²) in [5.41, 5.74) is 0.398. The highest BCUT2D eigenvalue weighted by atomic mass is 16.5. The van der Waals surface area contributed by atoms with Gasteiger partial charge in [-0.05, 0) is 6.07 Å². The molecule has 1 aromatic heterocycles. The van der Waals surface area contributed by atoms with Gasteiger partial charge in [-0.25, -0.2) is 0 Å². The van der Waals surface area contributed by atoms with Gasteiger partial charge in [-0.2, -0.15) is 9.78 Å². The molecule has 0 atom stereocenters. The van der Waals surface area contributed by atoms with Gasteiger partial charge in [0, 0.05) is 30.5 Å². The minimum Gasteiger partial charge on any atom is -0.497 e. The van der Waals surface area contributed by atoms with Crippen LogP contribution in [0.4, 0.5) is 0 Å². The first kappa shape index (κ1) is 11.2. The van der Waals surface area contributed by atoms with Crippen molar-refractivity contribution < 1.29 is 9.47 Å². The zero-order valence-corrected chi connectivity index (χ0v) is 9.58. The van der Waals surface area contributed by atoms with E-state index in [1.54, 1.807) is 44.7 Å². The Morgan fingerprint density at radius 1 is 1.12 bits per heavy atom. The molecular weight excluding hydrogens is 220 g/mol. The van der Waals surface area contributed by atoms with Crippen LogP contribution in [-0.2, 0) is 0 Å². The summed E-state index contributed by atoms with van der Waals surface area (Å²) in [6, 6.07) is 8.21. The molecular formula is C12H12N2O3. The lowest BCUT2D eigenvalue weighted by atomic mass is 10.3. The number of aromatic nitrogens is 2. The van der Waals surface area contributed by atoms with Crippen LogP contribution in [0.3, 0.4) is 0 Å². The minimum atomic E-state index is -0.206. The summed E-state index contributed by atoms with van der Waals surface area (Å²) in [4.78, 5) is 11.6. The third kappa shape index (κ3) is 2.28. The van der Waals surface area contributed by atoms with Crippen molar-refractivity contribution in [2.75, 3.05) is 14.2 Å². The van der Waals surface area contributed by atoms with Crippen molar-refractivity contribution in [1.29, 1.82) is 0 Å². The molecule has 0 fully saturated rings. The van der Waals surface area contributed by atoms with Crippen molar-refractivity contribution in [3.05, 3.63) is 46.9 Å². The SMILES string of the molecule is COc1cc(OC)cc(-n2ncccc2=O)c1. The van der Waals surface area contributed by atoms with Crippen LogP contribution in [0.25, 0.3) is 5.69 Å². The maximum absolute atomic E-state index is 11.6.